The summed E-state index contributed by atoms with van der Waals surface area (Å²) in [6.07, 6.45) is 1.94. The maximum atomic E-state index is 14.7. The van der Waals surface area contributed by atoms with Crippen molar-refractivity contribution in [2.75, 3.05) is 6.54 Å². The van der Waals surface area contributed by atoms with Gasteiger partial charge in [-0.2, -0.15) is 0 Å². The highest BCUT2D eigenvalue weighted by Crippen LogP contribution is 2.41. The van der Waals surface area contributed by atoms with Crippen molar-refractivity contribution in [1.82, 2.24) is 4.90 Å². The molecule has 0 radical (unpaired) electrons. The van der Waals surface area contributed by atoms with Crippen LogP contribution < -0.4 is 0 Å². The summed E-state index contributed by atoms with van der Waals surface area (Å²) >= 11 is 3.15. The van der Waals surface area contributed by atoms with E-state index in [-0.39, 0.29) is 5.56 Å². The topological polar surface area (TPSA) is 3.24 Å². The van der Waals surface area contributed by atoms with E-state index < -0.39 is 11.6 Å². The van der Waals surface area contributed by atoms with Gasteiger partial charge in [0.2, 0.25) is 0 Å². The average Bonchev–Trinajstić information content (AvgIpc) is 2.66. The Bertz CT molecular complexity index is 875. The van der Waals surface area contributed by atoms with Crippen molar-refractivity contribution < 1.29 is 8.78 Å². The van der Waals surface area contributed by atoms with Crippen LogP contribution in [0.3, 0.4) is 0 Å². The first-order valence-corrected chi connectivity index (χ1v) is 9.83. The summed E-state index contributed by atoms with van der Waals surface area (Å²) in [7, 11) is 0. The molecule has 0 spiro atoms. The predicted octanol–water partition coefficient (Wildman–Crippen LogP) is 7.42. The lowest BCUT2D eigenvalue weighted by Gasteiger charge is -2.34. The van der Waals surface area contributed by atoms with Crippen molar-refractivity contribution in [3.05, 3.63) is 93.6 Å². The molecule has 0 fully saturated rings. The van der Waals surface area contributed by atoms with Gasteiger partial charge in [0.1, 0.15) is 11.6 Å². The van der Waals surface area contributed by atoms with Gasteiger partial charge in [0.15, 0.2) is 0 Å². The first kappa shape index (κ1) is 21.1. The van der Waals surface area contributed by atoms with Crippen LogP contribution in [0.15, 0.2) is 70.9 Å². The van der Waals surface area contributed by atoms with Gasteiger partial charge < -0.3 is 4.90 Å². The van der Waals surface area contributed by atoms with E-state index in [0.29, 0.717) is 16.7 Å². The molecule has 1 aliphatic rings. The van der Waals surface area contributed by atoms with Gasteiger partial charge in [-0.1, -0.05) is 66.7 Å². The Morgan fingerprint density at radius 1 is 1.04 bits per heavy atom. The second-order valence-corrected chi connectivity index (χ2v) is 6.81. The van der Waals surface area contributed by atoms with Crippen molar-refractivity contribution in [2.45, 2.75) is 27.7 Å². The summed E-state index contributed by atoms with van der Waals surface area (Å²) in [5, 5.41) is 0. The molecule has 1 nitrogen and oxygen atoms in total. The van der Waals surface area contributed by atoms with Crippen LogP contribution in [0, 0.1) is 11.6 Å². The average molecular weight is 432 g/mol. The highest BCUT2D eigenvalue weighted by molar-refractivity contribution is 9.10. The number of rotatable bonds is 3. The second kappa shape index (κ2) is 9.14. The quantitative estimate of drug-likeness (QED) is 0.488. The summed E-state index contributed by atoms with van der Waals surface area (Å²) in [5.41, 5.74) is 3.89. The molecule has 3 rings (SSSR count). The third-order valence-corrected chi connectivity index (χ3v) is 4.77. The minimum absolute atomic E-state index is 0.0335. The largest absolute Gasteiger partial charge is 0.341 e. The molecule has 0 amide bonds. The molecule has 0 N–H and O–H groups in total. The third kappa shape index (κ3) is 4.22. The first-order valence-electron chi connectivity index (χ1n) is 9.03. The van der Waals surface area contributed by atoms with Gasteiger partial charge >= 0.3 is 0 Å². The predicted molar refractivity (Wildman–Crippen MR) is 114 cm³/mol. The molecule has 142 valence electrons. The Hall–Kier alpha value is -2.20. The Morgan fingerprint density at radius 2 is 1.59 bits per heavy atom. The minimum atomic E-state index is -0.602. The van der Waals surface area contributed by atoms with Gasteiger partial charge in [-0.25, -0.2) is 8.78 Å². The summed E-state index contributed by atoms with van der Waals surface area (Å²) in [6.45, 7) is 12.6. The number of allylic oxidation sites excluding steroid dienone is 3. The zero-order chi connectivity index (χ0) is 20.1. The smallest absolute Gasteiger partial charge is 0.136 e. The Morgan fingerprint density at radius 3 is 2.11 bits per heavy atom. The lowest BCUT2D eigenvalue weighted by molar-refractivity contribution is 0.504. The molecule has 0 saturated carbocycles. The molecule has 1 aliphatic heterocycles. The standard InChI is InChI=1S/C21H18BrF2N.C2H6/c1-4-25-14(3)13(2)10-17(15-8-6-5-7-9-15)21(25)20-18(23)11-16(22)12-19(20)24;1-2/h5-12H,3-4H2,1-2H3;1-2H3. The summed E-state index contributed by atoms with van der Waals surface area (Å²) in [5.74, 6) is -1.20. The van der Waals surface area contributed by atoms with Crippen LogP contribution in [0.1, 0.15) is 38.8 Å². The fourth-order valence-electron chi connectivity index (χ4n) is 3.09. The lowest BCUT2D eigenvalue weighted by atomic mass is 9.91. The molecule has 0 aliphatic carbocycles. The zero-order valence-corrected chi connectivity index (χ0v) is 17.7. The van der Waals surface area contributed by atoms with Crippen LogP contribution in [0.5, 0.6) is 0 Å². The first-order chi connectivity index (χ1) is 12.9. The van der Waals surface area contributed by atoms with Crippen LogP contribution in [0.4, 0.5) is 8.78 Å². The molecule has 0 atom stereocenters. The molecular weight excluding hydrogens is 408 g/mol. The second-order valence-electron chi connectivity index (χ2n) is 5.89. The molecular formula is C23H24BrF2N. The highest BCUT2D eigenvalue weighted by Gasteiger charge is 2.28. The van der Waals surface area contributed by atoms with Crippen LogP contribution in [0.25, 0.3) is 11.3 Å². The molecule has 2 aromatic rings. The minimum Gasteiger partial charge on any atom is -0.341 e. The molecule has 1 heterocycles. The number of benzene rings is 2. The zero-order valence-electron chi connectivity index (χ0n) is 16.1. The van der Waals surface area contributed by atoms with Crippen LogP contribution in [-0.4, -0.2) is 11.4 Å². The maximum absolute atomic E-state index is 14.7. The summed E-state index contributed by atoms with van der Waals surface area (Å²) in [4.78, 5) is 1.87. The number of halogens is 3. The van der Waals surface area contributed by atoms with E-state index in [4.69, 9.17) is 0 Å². The summed E-state index contributed by atoms with van der Waals surface area (Å²) in [6, 6.07) is 12.2. The van der Waals surface area contributed by atoms with Crippen molar-refractivity contribution >= 4 is 27.2 Å². The van der Waals surface area contributed by atoms with E-state index in [2.05, 4.69) is 22.5 Å². The third-order valence-electron chi connectivity index (χ3n) is 4.31. The van der Waals surface area contributed by atoms with Crippen molar-refractivity contribution in [3.63, 3.8) is 0 Å². The van der Waals surface area contributed by atoms with E-state index in [9.17, 15) is 8.78 Å². The number of likely N-dealkylation sites (N-methyl/N-ethyl adjacent to an activating group) is 1. The summed E-state index contributed by atoms with van der Waals surface area (Å²) < 4.78 is 29.8. The Kier molecular flexibility index (Phi) is 7.14. The molecule has 2 aromatic carbocycles. The van der Waals surface area contributed by atoms with Crippen LogP contribution in [0.2, 0.25) is 0 Å². The van der Waals surface area contributed by atoms with Gasteiger partial charge in [0, 0.05) is 22.3 Å². The van der Waals surface area contributed by atoms with Gasteiger partial charge in [0.25, 0.3) is 0 Å². The molecule has 27 heavy (non-hydrogen) atoms. The van der Waals surface area contributed by atoms with Crippen molar-refractivity contribution in [3.8, 4) is 0 Å². The van der Waals surface area contributed by atoms with E-state index in [1.807, 2.05) is 69.0 Å². The Balaban J connectivity index is 0.00000126. The molecule has 0 saturated heterocycles. The molecule has 0 aromatic heterocycles. The van der Waals surface area contributed by atoms with Crippen molar-refractivity contribution in [2.24, 2.45) is 0 Å². The van der Waals surface area contributed by atoms with Crippen LogP contribution >= 0.6 is 15.9 Å². The number of hydrogen-bond donors (Lipinski definition) is 0. The number of hydrogen-bond acceptors (Lipinski definition) is 1. The van der Waals surface area contributed by atoms with E-state index >= 15 is 0 Å². The van der Waals surface area contributed by atoms with Crippen LogP contribution in [-0.2, 0) is 0 Å². The molecule has 0 unspecified atom stereocenters. The van der Waals surface area contributed by atoms with E-state index in [1.54, 1.807) is 0 Å². The van der Waals surface area contributed by atoms with Gasteiger partial charge in [-0.05, 0) is 43.2 Å². The molecule has 0 bridgehead atoms. The number of nitrogens with zero attached hydrogens (tertiary/aromatic N) is 1. The lowest BCUT2D eigenvalue weighted by Crippen LogP contribution is -2.26. The van der Waals surface area contributed by atoms with E-state index in [0.717, 1.165) is 22.4 Å². The fraction of sp³-hybridized carbons (Fsp3) is 0.217. The van der Waals surface area contributed by atoms with Gasteiger partial charge in [0.05, 0.1) is 11.3 Å². The van der Waals surface area contributed by atoms with Crippen molar-refractivity contribution in [1.29, 1.82) is 0 Å². The van der Waals surface area contributed by atoms with Gasteiger partial charge in [-0.15, -0.1) is 0 Å². The monoisotopic (exact) mass is 431 g/mol. The highest BCUT2D eigenvalue weighted by atomic mass is 79.9. The Labute approximate surface area is 168 Å². The SMILES string of the molecule is C=C1C(C)=CC(c2ccccc2)=C(c2c(F)cc(Br)cc2F)N1CC.CC. The fourth-order valence-corrected chi connectivity index (χ4v) is 3.49. The molecule has 4 heteroatoms. The maximum Gasteiger partial charge on any atom is 0.136 e. The normalized spacial score (nSPS) is 14.0. The van der Waals surface area contributed by atoms with Gasteiger partial charge in [-0.3, -0.25) is 0 Å². The van der Waals surface area contributed by atoms with E-state index in [1.165, 1.54) is 12.1 Å².